The molecule has 3 rings (SSSR count). The van der Waals surface area contributed by atoms with Crippen molar-refractivity contribution in [2.75, 3.05) is 27.3 Å². The molecule has 0 aliphatic rings. The van der Waals surface area contributed by atoms with Gasteiger partial charge in [-0.25, -0.2) is 4.39 Å². The molecule has 0 spiro atoms. The van der Waals surface area contributed by atoms with Gasteiger partial charge in [-0.15, -0.1) is 0 Å². The van der Waals surface area contributed by atoms with Crippen LogP contribution in [0.25, 0.3) is 0 Å². The lowest BCUT2D eigenvalue weighted by Crippen LogP contribution is -2.22. The van der Waals surface area contributed by atoms with Gasteiger partial charge in [-0.05, 0) is 50.2 Å². The monoisotopic (exact) mass is 508 g/mol. The van der Waals surface area contributed by atoms with Gasteiger partial charge < -0.3 is 29.6 Å². The molecule has 0 aliphatic carbocycles. The normalized spacial score (nSPS) is 10.4. The first-order valence-electron chi connectivity index (χ1n) is 11.9. The number of benzene rings is 3. The predicted molar refractivity (Wildman–Crippen MR) is 142 cm³/mol. The number of rotatable bonds is 12. The molecular weight excluding hydrogens is 475 g/mol. The number of hydrogen-bond acceptors (Lipinski definition) is 6. The zero-order valence-electron chi connectivity index (χ0n) is 21.5. The van der Waals surface area contributed by atoms with Gasteiger partial charge in [0.25, 0.3) is 0 Å². The highest BCUT2D eigenvalue weighted by molar-refractivity contribution is 5.97. The maximum atomic E-state index is 15.3. The van der Waals surface area contributed by atoms with E-state index in [-0.39, 0.29) is 24.9 Å². The number of ether oxygens (including phenoxy) is 4. The van der Waals surface area contributed by atoms with Gasteiger partial charge in [-0.1, -0.05) is 18.2 Å². The van der Waals surface area contributed by atoms with E-state index < -0.39 is 5.82 Å². The first-order chi connectivity index (χ1) is 17.9. The maximum Gasteiger partial charge on any atom is 0.161 e. The SMILES string of the molecule is CCNC(=N)c1ccc(OCc2cccc(COc3ccc(C(=N)NCC)cc3OC)c2F)c(OC)c1. The molecule has 0 atom stereocenters. The highest BCUT2D eigenvalue weighted by Crippen LogP contribution is 2.31. The quantitative estimate of drug-likeness (QED) is 0.205. The lowest BCUT2D eigenvalue weighted by Gasteiger charge is -2.15. The first-order valence-corrected chi connectivity index (χ1v) is 11.9. The second-order valence-electron chi connectivity index (χ2n) is 8.01. The van der Waals surface area contributed by atoms with Crippen molar-refractivity contribution >= 4 is 11.7 Å². The number of amidine groups is 2. The summed E-state index contributed by atoms with van der Waals surface area (Å²) in [6, 6.07) is 15.4. The summed E-state index contributed by atoms with van der Waals surface area (Å²) in [6.45, 7) is 5.09. The molecule has 0 aliphatic heterocycles. The second kappa shape index (κ2) is 13.2. The van der Waals surface area contributed by atoms with Crippen LogP contribution >= 0.6 is 0 Å². The van der Waals surface area contributed by atoms with Crippen LogP contribution in [0.1, 0.15) is 36.1 Å². The van der Waals surface area contributed by atoms with Crippen molar-refractivity contribution < 1.29 is 23.3 Å². The Balaban J connectivity index is 1.70. The minimum Gasteiger partial charge on any atom is -0.493 e. The van der Waals surface area contributed by atoms with Crippen molar-refractivity contribution in [2.24, 2.45) is 0 Å². The molecule has 8 nitrogen and oxygen atoms in total. The Morgan fingerprint density at radius 2 is 1.14 bits per heavy atom. The zero-order chi connectivity index (χ0) is 26.8. The molecule has 3 aromatic carbocycles. The van der Waals surface area contributed by atoms with Gasteiger partial charge in [0.1, 0.15) is 30.7 Å². The van der Waals surface area contributed by atoms with Crippen LogP contribution in [0.2, 0.25) is 0 Å². The Morgan fingerprint density at radius 3 is 1.51 bits per heavy atom. The lowest BCUT2D eigenvalue weighted by atomic mass is 10.1. The van der Waals surface area contributed by atoms with E-state index in [0.717, 1.165) is 0 Å². The Labute approximate surface area is 216 Å². The number of nitrogens with one attached hydrogen (secondary N) is 4. The summed E-state index contributed by atoms with van der Waals surface area (Å²) in [5, 5.41) is 22.0. The summed E-state index contributed by atoms with van der Waals surface area (Å²) in [5.74, 6) is 1.96. The fourth-order valence-corrected chi connectivity index (χ4v) is 3.61. The van der Waals surface area contributed by atoms with E-state index in [0.29, 0.717) is 58.3 Å². The molecule has 0 heterocycles. The van der Waals surface area contributed by atoms with Crippen molar-refractivity contribution in [3.05, 3.63) is 82.7 Å². The highest BCUT2D eigenvalue weighted by atomic mass is 19.1. The van der Waals surface area contributed by atoms with Gasteiger partial charge in [0.15, 0.2) is 23.0 Å². The minimum atomic E-state index is -0.420. The minimum absolute atomic E-state index is 0.00933. The number of halogens is 1. The summed E-state index contributed by atoms with van der Waals surface area (Å²) in [7, 11) is 3.04. The lowest BCUT2D eigenvalue weighted by molar-refractivity contribution is 0.270. The van der Waals surface area contributed by atoms with Gasteiger partial charge in [-0.2, -0.15) is 0 Å². The van der Waals surface area contributed by atoms with Crippen LogP contribution in [-0.2, 0) is 13.2 Å². The summed E-state index contributed by atoms with van der Waals surface area (Å²) in [5.41, 5.74) is 2.07. The highest BCUT2D eigenvalue weighted by Gasteiger charge is 2.14. The standard InChI is InChI=1S/C28H33FN4O4/c1-5-32-27(30)18-10-12-22(24(14-18)34-3)36-16-20-8-7-9-21(26(20)29)17-37-23-13-11-19(15-25(23)35-4)28(31)33-6-2/h7-15H,5-6,16-17H2,1-4H3,(H2,30,32)(H2,31,33). The van der Waals surface area contributed by atoms with Gasteiger partial charge in [0, 0.05) is 35.3 Å². The third kappa shape index (κ3) is 6.91. The third-order valence-corrected chi connectivity index (χ3v) is 5.54. The van der Waals surface area contributed by atoms with Crippen molar-refractivity contribution in [3.63, 3.8) is 0 Å². The van der Waals surface area contributed by atoms with E-state index in [1.807, 2.05) is 13.8 Å². The smallest absolute Gasteiger partial charge is 0.161 e. The van der Waals surface area contributed by atoms with E-state index in [1.165, 1.54) is 14.2 Å². The molecule has 0 saturated heterocycles. The zero-order valence-corrected chi connectivity index (χ0v) is 21.5. The van der Waals surface area contributed by atoms with E-state index in [4.69, 9.17) is 29.8 Å². The molecule has 0 bridgehead atoms. The molecule has 0 aromatic heterocycles. The van der Waals surface area contributed by atoms with Crippen molar-refractivity contribution in [3.8, 4) is 23.0 Å². The molecular formula is C28H33FN4O4. The molecule has 9 heteroatoms. The van der Waals surface area contributed by atoms with Gasteiger partial charge in [-0.3, -0.25) is 10.8 Å². The summed E-state index contributed by atoms with van der Waals surface area (Å²) in [4.78, 5) is 0. The van der Waals surface area contributed by atoms with Gasteiger partial charge in [0.2, 0.25) is 0 Å². The molecule has 0 unspecified atom stereocenters. The summed E-state index contributed by atoms with van der Waals surface area (Å²) < 4.78 is 37.8. The van der Waals surface area contributed by atoms with E-state index in [9.17, 15) is 0 Å². The van der Waals surface area contributed by atoms with E-state index in [1.54, 1.807) is 54.6 Å². The maximum absolute atomic E-state index is 15.3. The Morgan fingerprint density at radius 1 is 0.703 bits per heavy atom. The van der Waals surface area contributed by atoms with Crippen molar-refractivity contribution in [2.45, 2.75) is 27.1 Å². The second-order valence-corrected chi connectivity index (χ2v) is 8.01. The molecule has 0 fully saturated rings. The fraction of sp³-hybridized carbons (Fsp3) is 0.286. The van der Waals surface area contributed by atoms with Crippen LogP contribution in [0.3, 0.4) is 0 Å². The Bertz CT molecular complexity index is 1160. The van der Waals surface area contributed by atoms with Crippen LogP contribution in [-0.4, -0.2) is 39.0 Å². The van der Waals surface area contributed by atoms with E-state index >= 15 is 4.39 Å². The topological polar surface area (TPSA) is 109 Å². The van der Waals surface area contributed by atoms with Crippen LogP contribution in [0.15, 0.2) is 54.6 Å². The summed E-state index contributed by atoms with van der Waals surface area (Å²) in [6.07, 6.45) is 0. The number of methoxy groups -OCH3 is 2. The van der Waals surface area contributed by atoms with Gasteiger partial charge >= 0.3 is 0 Å². The molecule has 0 amide bonds. The van der Waals surface area contributed by atoms with Crippen molar-refractivity contribution in [1.82, 2.24) is 10.6 Å². The number of hydrogen-bond donors (Lipinski definition) is 4. The Hall–Kier alpha value is -4.27. The first kappa shape index (κ1) is 27.3. The average Bonchev–Trinajstić information content (AvgIpc) is 2.91. The van der Waals surface area contributed by atoms with Crippen LogP contribution in [0.4, 0.5) is 4.39 Å². The van der Waals surface area contributed by atoms with Crippen LogP contribution in [0, 0.1) is 16.6 Å². The van der Waals surface area contributed by atoms with E-state index in [2.05, 4.69) is 10.6 Å². The predicted octanol–water partition coefficient (Wildman–Crippen LogP) is 4.87. The molecule has 3 aromatic rings. The largest absolute Gasteiger partial charge is 0.493 e. The molecule has 196 valence electrons. The van der Waals surface area contributed by atoms with Crippen molar-refractivity contribution in [1.29, 1.82) is 10.8 Å². The third-order valence-electron chi connectivity index (χ3n) is 5.54. The molecule has 4 N–H and O–H groups in total. The fourth-order valence-electron chi connectivity index (χ4n) is 3.61. The Kier molecular flexibility index (Phi) is 9.71. The molecule has 0 radical (unpaired) electrons. The van der Waals surface area contributed by atoms with Crippen LogP contribution < -0.4 is 29.6 Å². The van der Waals surface area contributed by atoms with Crippen LogP contribution in [0.5, 0.6) is 23.0 Å². The molecule has 0 saturated carbocycles. The van der Waals surface area contributed by atoms with Gasteiger partial charge in [0.05, 0.1) is 14.2 Å². The average molecular weight is 509 g/mol. The summed E-state index contributed by atoms with van der Waals surface area (Å²) >= 11 is 0. The molecule has 37 heavy (non-hydrogen) atoms.